The third-order valence-corrected chi connectivity index (χ3v) is 5.99. The van der Waals surface area contributed by atoms with Gasteiger partial charge in [0, 0.05) is 11.5 Å². The Morgan fingerprint density at radius 3 is 2.72 bits per heavy atom. The van der Waals surface area contributed by atoms with E-state index in [0.717, 1.165) is 22.9 Å². The number of thiophene rings is 1. The lowest BCUT2D eigenvalue weighted by Crippen LogP contribution is -2.11. The van der Waals surface area contributed by atoms with Crippen LogP contribution in [0.2, 0.25) is 0 Å². The van der Waals surface area contributed by atoms with Crippen molar-refractivity contribution in [2.24, 2.45) is 5.73 Å². The number of rotatable bonds is 4. The molecule has 6 nitrogen and oxygen atoms in total. The lowest BCUT2D eigenvalue weighted by atomic mass is 10.5. The molecule has 2 rings (SSSR count). The van der Waals surface area contributed by atoms with Gasteiger partial charge in [0.25, 0.3) is 10.0 Å². The Hall–Kier alpha value is -1.10. The fourth-order valence-corrected chi connectivity index (χ4v) is 4.25. The molecule has 0 amide bonds. The number of aryl methyl sites for hydroxylation is 1. The zero-order valence-corrected chi connectivity index (χ0v) is 12.3. The van der Waals surface area contributed by atoms with E-state index in [-0.39, 0.29) is 14.3 Å². The van der Waals surface area contributed by atoms with Gasteiger partial charge in [-0.2, -0.15) is 4.37 Å². The summed E-state index contributed by atoms with van der Waals surface area (Å²) >= 11 is 6.78. The number of hydrogen-bond donors (Lipinski definition) is 2. The first-order chi connectivity index (χ1) is 8.38. The molecule has 2 aromatic rings. The third-order valence-electron chi connectivity index (χ3n) is 1.84. The van der Waals surface area contributed by atoms with Gasteiger partial charge in [-0.15, -0.1) is 11.3 Å². The van der Waals surface area contributed by atoms with Crippen LogP contribution in [0.5, 0.6) is 0 Å². The fourth-order valence-electron chi connectivity index (χ4n) is 1.10. The highest BCUT2D eigenvalue weighted by molar-refractivity contribution is 7.95. The van der Waals surface area contributed by atoms with Crippen molar-refractivity contribution in [3.05, 3.63) is 22.8 Å². The molecule has 0 saturated heterocycles. The summed E-state index contributed by atoms with van der Waals surface area (Å²) in [5.74, 6) is 0.521. The van der Waals surface area contributed by atoms with E-state index in [1.807, 2.05) is 0 Å². The molecule has 0 fully saturated rings. The standard InChI is InChI=1S/C8H8N4O2S4/c1-4-10-8(17-11-4)12-18(13,14)6-3-2-5(16-6)7(9)15/h2-3H,1H3,(H2,9,15)(H,10,11,12). The predicted molar refractivity (Wildman–Crippen MR) is 75.7 cm³/mol. The van der Waals surface area contributed by atoms with Gasteiger partial charge in [-0.25, -0.2) is 13.4 Å². The molecule has 0 aliphatic carbocycles. The summed E-state index contributed by atoms with van der Waals surface area (Å²) in [7, 11) is -3.65. The Morgan fingerprint density at radius 2 is 2.22 bits per heavy atom. The highest BCUT2D eigenvalue weighted by atomic mass is 32.2. The van der Waals surface area contributed by atoms with Crippen LogP contribution in [0.3, 0.4) is 0 Å². The Morgan fingerprint density at radius 1 is 1.50 bits per heavy atom. The number of anilines is 1. The second-order valence-electron chi connectivity index (χ2n) is 3.24. The Bertz CT molecular complexity index is 688. The molecule has 96 valence electrons. The third kappa shape index (κ3) is 2.83. The van der Waals surface area contributed by atoms with Crippen LogP contribution in [-0.4, -0.2) is 22.8 Å². The summed E-state index contributed by atoms with van der Waals surface area (Å²) in [4.78, 5) is 4.66. The summed E-state index contributed by atoms with van der Waals surface area (Å²) in [6, 6.07) is 3.03. The van der Waals surface area contributed by atoms with Gasteiger partial charge in [-0.05, 0) is 19.1 Å². The van der Waals surface area contributed by atoms with Gasteiger partial charge < -0.3 is 5.73 Å². The summed E-state index contributed by atoms with van der Waals surface area (Å²) in [5.41, 5.74) is 5.43. The van der Waals surface area contributed by atoms with Crippen molar-refractivity contribution >= 4 is 55.2 Å². The van der Waals surface area contributed by atoms with Crippen LogP contribution in [0.15, 0.2) is 16.3 Å². The molecule has 18 heavy (non-hydrogen) atoms. The molecule has 0 bridgehead atoms. The molecule has 3 N–H and O–H groups in total. The Kier molecular flexibility index (Phi) is 3.61. The van der Waals surface area contributed by atoms with Crippen LogP contribution in [-0.2, 0) is 10.0 Å². The smallest absolute Gasteiger partial charge is 0.273 e. The zero-order valence-electron chi connectivity index (χ0n) is 9.08. The average Bonchev–Trinajstić information content (AvgIpc) is 2.86. The van der Waals surface area contributed by atoms with Gasteiger partial charge in [0.2, 0.25) is 5.13 Å². The first-order valence-electron chi connectivity index (χ1n) is 4.61. The minimum atomic E-state index is -3.65. The molecule has 0 radical (unpaired) electrons. The van der Waals surface area contributed by atoms with Crippen LogP contribution in [0.25, 0.3) is 0 Å². The molecule has 0 atom stereocenters. The van der Waals surface area contributed by atoms with Crippen molar-refractivity contribution in [1.29, 1.82) is 0 Å². The van der Waals surface area contributed by atoms with E-state index in [0.29, 0.717) is 10.7 Å². The summed E-state index contributed by atoms with van der Waals surface area (Å²) in [6.45, 7) is 1.68. The van der Waals surface area contributed by atoms with E-state index < -0.39 is 10.0 Å². The molecule has 0 aromatic carbocycles. The molecular formula is C8H8N4O2S4. The lowest BCUT2D eigenvalue weighted by molar-refractivity contribution is 0.603. The van der Waals surface area contributed by atoms with Crippen LogP contribution in [0.4, 0.5) is 5.13 Å². The second kappa shape index (κ2) is 4.88. The van der Waals surface area contributed by atoms with Crippen LogP contribution in [0.1, 0.15) is 10.7 Å². The number of nitrogens with two attached hydrogens (primary N) is 1. The first-order valence-corrected chi connectivity index (χ1v) is 8.09. The summed E-state index contributed by atoms with van der Waals surface area (Å²) in [5, 5.41) is 0.234. The normalized spacial score (nSPS) is 11.4. The maximum absolute atomic E-state index is 12.0. The largest absolute Gasteiger partial charge is 0.389 e. The highest BCUT2D eigenvalue weighted by Gasteiger charge is 2.19. The second-order valence-corrected chi connectivity index (χ2v) is 7.42. The topological polar surface area (TPSA) is 98.0 Å². The first kappa shape index (κ1) is 13.3. The SMILES string of the molecule is Cc1nsc(NS(=O)(=O)c2ccc(C(N)=S)s2)n1. The van der Waals surface area contributed by atoms with E-state index in [1.54, 1.807) is 13.0 Å². The molecule has 0 spiro atoms. The van der Waals surface area contributed by atoms with Gasteiger partial charge >= 0.3 is 0 Å². The molecule has 0 aliphatic heterocycles. The lowest BCUT2D eigenvalue weighted by Gasteiger charge is -2.00. The van der Waals surface area contributed by atoms with E-state index in [9.17, 15) is 8.42 Å². The maximum atomic E-state index is 12.0. The van der Waals surface area contributed by atoms with Crippen molar-refractivity contribution in [3.8, 4) is 0 Å². The van der Waals surface area contributed by atoms with Gasteiger partial charge in [0.15, 0.2) is 0 Å². The molecule has 0 unspecified atom stereocenters. The number of aromatic nitrogens is 2. The molecular weight excluding hydrogens is 312 g/mol. The van der Waals surface area contributed by atoms with Crippen molar-refractivity contribution in [1.82, 2.24) is 9.36 Å². The molecule has 0 aliphatic rings. The van der Waals surface area contributed by atoms with Gasteiger partial charge in [0.05, 0.1) is 4.88 Å². The summed E-state index contributed by atoms with van der Waals surface area (Å²) in [6.07, 6.45) is 0. The van der Waals surface area contributed by atoms with Crippen molar-refractivity contribution in [3.63, 3.8) is 0 Å². The van der Waals surface area contributed by atoms with E-state index in [2.05, 4.69) is 14.1 Å². The number of thiocarbonyl (C=S) groups is 1. The number of nitrogens with one attached hydrogen (secondary N) is 1. The predicted octanol–water partition coefficient (Wildman–Crippen LogP) is 1.34. The van der Waals surface area contributed by atoms with Crippen LogP contribution in [0, 0.1) is 6.92 Å². The van der Waals surface area contributed by atoms with Crippen molar-refractivity contribution in [2.75, 3.05) is 4.72 Å². The van der Waals surface area contributed by atoms with E-state index >= 15 is 0 Å². The summed E-state index contributed by atoms with van der Waals surface area (Å²) < 4.78 is 30.4. The van der Waals surface area contributed by atoms with Crippen LogP contribution < -0.4 is 10.5 Å². The molecule has 2 aromatic heterocycles. The molecule has 0 saturated carbocycles. The fraction of sp³-hybridized carbons (Fsp3) is 0.125. The monoisotopic (exact) mass is 320 g/mol. The average molecular weight is 320 g/mol. The Labute approximate surface area is 117 Å². The number of sulfonamides is 1. The highest BCUT2D eigenvalue weighted by Crippen LogP contribution is 2.24. The number of nitrogens with zero attached hydrogens (tertiary/aromatic N) is 2. The van der Waals surface area contributed by atoms with Crippen LogP contribution >= 0.6 is 35.1 Å². The van der Waals surface area contributed by atoms with Gasteiger partial charge in [0.1, 0.15) is 15.0 Å². The molecule has 10 heteroatoms. The van der Waals surface area contributed by atoms with Gasteiger partial charge in [-0.3, -0.25) is 4.72 Å². The quantitative estimate of drug-likeness (QED) is 0.825. The van der Waals surface area contributed by atoms with E-state index in [1.165, 1.54) is 6.07 Å². The van der Waals surface area contributed by atoms with Gasteiger partial charge in [-0.1, -0.05) is 12.2 Å². The van der Waals surface area contributed by atoms with Crippen molar-refractivity contribution < 1.29 is 8.42 Å². The molecule has 2 heterocycles. The minimum absolute atomic E-state index is 0.137. The number of hydrogen-bond acceptors (Lipinski definition) is 7. The van der Waals surface area contributed by atoms with Crippen molar-refractivity contribution in [2.45, 2.75) is 11.1 Å². The zero-order chi connectivity index (χ0) is 13.3. The Balaban J connectivity index is 2.27. The van der Waals surface area contributed by atoms with E-state index in [4.69, 9.17) is 18.0 Å². The minimum Gasteiger partial charge on any atom is -0.389 e. The maximum Gasteiger partial charge on any atom is 0.273 e.